The lowest BCUT2D eigenvalue weighted by molar-refractivity contribution is -0.736. The molecule has 0 spiro atoms. The van der Waals surface area contributed by atoms with Crippen molar-refractivity contribution in [3.05, 3.63) is 17.5 Å². The minimum Gasteiger partial charge on any atom is -0.170 e. The highest BCUT2D eigenvalue weighted by Gasteiger charge is 2.25. The van der Waals surface area contributed by atoms with E-state index in [-0.39, 0.29) is 5.41 Å². The summed E-state index contributed by atoms with van der Waals surface area (Å²) < 4.78 is 2.08. The molecule has 0 fully saturated rings. The first-order chi connectivity index (χ1) is 4.91. The zero-order valence-corrected chi connectivity index (χ0v) is 8.02. The highest BCUT2D eigenvalue weighted by atomic mass is 15.3. The maximum atomic E-state index is 3.23. The van der Waals surface area contributed by atoms with Crippen LogP contribution in [0.25, 0.3) is 0 Å². The highest BCUT2D eigenvalue weighted by Crippen LogP contribution is 2.18. The van der Waals surface area contributed by atoms with E-state index in [2.05, 4.69) is 43.5 Å². The van der Waals surface area contributed by atoms with Crippen molar-refractivity contribution in [2.45, 2.75) is 33.1 Å². The topological polar surface area (TPSA) is 19.7 Å². The molecule has 0 atom stereocenters. The Kier molecular flexibility index (Phi) is 1.78. The van der Waals surface area contributed by atoms with Gasteiger partial charge in [0.1, 0.15) is 0 Å². The second kappa shape index (κ2) is 2.36. The normalized spacial score (nSPS) is 12.1. The van der Waals surface area contributed by atoms with Gasteiger partial charge in [-0.15, -0.1) is 4.68 Å². The number of aryl methyl sites for hydroxylation is 2. The molecule has 0 unspecified atom stereocenters. The number of H-pyrrole nitrogens is 1. The molecule has 62 valence electrons. The summed E-state index contributed by atoms with van der Waals surface area (Å²) in [6.07, 6.45) is 0. The van der Waals surface area contributed by atoms with E-state index in [1.807, 2.05) is 7.05 Å². The first kappa shape index (κ1) is 8.31. The largest absolute Gasteiger partial charge is 0.212 e. The van der Waals surface area contributed by atoms with Crippen LogP contribution in [0, 0.1) is 6.92 Å². The predicted molar refractivity (Wildman–Crippen MR) is 45.4 cm³/mol. The average Bonchev–Trinajstić information content (AvgIpc) is 2.08. The third-order valence-corrected chi connectivity index (χ3v) is 1.83. The van der Waals surface area contributed by atoms with Crippen molar-refractivity contribution < 1.29 is 4.68 Å². The van der Waals surface area contributed by atoms with Gasteiger partial charge in [-0.3, -0.25) is 0 Å². The molecule has 0 aromatic carbocycles. The molecule has 0 bridgehead atoms. The van der Waals surface area contributed by atoms with E-state index in [1.165, 1.54) is 11.4 Å². The van der Waals surface area contributed by atoms with E-state index >= 15 is 0 Å². The Morgan fingerprint density at radius 3 is 2.09 bits per heavy atom. The van der Waals surface area contributed by atoms with Crippen molar-refractivity contribution >= 4 is 0 Å². The van der Waals surface area contributed by atoms with Crippen LogP contribution in [0.5, 0.6) is 0 Å². The van der Waals surface area contributed by atoms with Gasteiger partial charge in [0.15, 0.2) is 7.05 Å². The fraction of sp³-hybridized carbons (Fsp3) is 0.667. The van der Waals surface area contributed by atoms with Crippen LogP contribution in [0.15, 0.2) is 6.07 Å². The lowest BCUT2D eigenvalue weighted by Gasteiger charge is -2.10. The molecule has 1 heterocycles. The quantitative estimate of drug-likeness (QED) is 0.544. The Morgan fingerprint density at radius 2 is 1.91 bits per heavy atom. The lowest BCUT2D eigenvalue weighted by Crippen LogP contribution is -2.39. The van der Waals surface area contributed by atoms with Gasteiger partial charge in [-0.05, 0) is 6.92 Å². The molecule has 2 heteroatoms. The van der Waals surface area contributed by atoms with E-state index in [4.69, 9.17) is 0 Å². The van der Waals surface area contributed by atoms with Crippen molar-refractivity contribution in [3.63, 3.8) is 0 Å². The molecule has 0 saturated carbocycles. The van der Waals surface area contributed by atoms with Crippen LogP contribution >= 0.6 is 0 Å². The molecule has 1 aromatic rings. The average molecular weight is 153 g/mol. The van der Waals surface area contributed by atoms with E-state index in [9.17, 15) is 0 Å². The molecule has 0 aliphatic carbocycles. The molecule has 0 aliphatic heterocycles. The third kappa shape index (κ3) is 1.62. The molecule has 1 aromatic heterocycles. The summed E-state index contributed by atoms with van der Waals surface area (Å²) >= 11 is 0. The van der Waals surface area contributed by atoms with Gasteiger partial charge in [-0.25, -0.2) is 0 Å². The number of aromatic nitrogens is 2. The number of rotatable bonds is 0. The maximum Gasteiger partial charge on any atom is 0.212 e. The second-order valence-corrected chi connectivity index (χ2v) is 4.13. The van der Waals surface area contributed by atoms with Gasteiger partial charge in [0, 0.05) is 11.5 Å². The van der Waals surface area contributed by atoms with Gasteiger partial charge in [0.25, 0.3) is 0 Å². The predicted octanol–water partition coefficient (Wildman–Crippen LogP) is 1.45. The smallest absolute Gasteiger partial charge is 0.170 e. The van der Waals surface area contributed by atoms with Gasteiger partial charge in [0.05, 0.1) is 5.69 Å². The molecular weight excluding hydrogens is 136 g/mol. The van der Waals surface area contributed by atoms with Crippen LogP contribution in [0.3, 0.4) is 0 Å². The van der Waals surface area contributed by atoms with Gasteiger partial charge >= 0.3 is 0 Å². The molecule has 0 saturated heterocycles. The summed E-state index contributed by atoms with van der Waals surface area (Å²) in [7, 11) is 2.05. The summed E-state index contributed by atoms with van der Waals surface area (Å²) in [5.41, 5.74) is 2.80. The Hall–Kier alpha value is -0.790. The molecular formula is C9H17N2+. The lowest BCUT2D eigenvalue weighted by atomic mass is 9.92. The van der Waals surface area contributed by atoms with Crippen LogP contribution in [-0.2, 0) is 12.5 Å². The minimum atomic E-state index is 0.236. The van der Waals surface area contributed by atoms with Crippen LogP contribution in [-0.4, -0.2) is 5.10 Å². The van der Waals surface area contributed by atoms with E-state index in [0.717, 1.165) is 0 Å². The first-order valence-electron chi connectivity index (χ1n) is 3.97. The fourth-order valence-electron chi connectivity index (χ4n) is 1.38. The van der Waals surface area contributed by atoms with Crippen LogP contribution in [0.1, 0.15) is 32.2 Å². The molecule has 11 heavy (non-hydrogen) atoms. The maximum absolute atomic E-state index is 3.23. The summed E-state index contributed by atoms with van der Waals surface area (Å²) in [4.78, 5) is 0. The second-order valence-electron chi connectivity index (χ2n) is 4.13. The van der Waals surface area contributed by atoms with Crippen molar-refractivity contribution in [2.24, 2.45) is 7.05 Å². The van der Waals surface area contributed by atoms with E-state index < -0.39 is 0 Å². The Balaban J connectivity index is 3.13. The molecule has 0 aliphatic rings. The molecule has 1 rings (SSSR count). The summed E-state index contributed by atoms with van der Waals surface area (Å²) in [5, 5.41) is 3.23. The van der Waals surface area contributed by atoms with Crippen molar-refractivity contribution in [2.75, 3.05) is 0 Å². The van der Waals surface area contributed by atoms with Crippen LogP contribution < -0.4 is 4.68 Å². The molecule has 0 radical (unpaired) electrons. The molecule has 1 N–H and O–H groups in total. The molecule has 2 nitrogen and oxygen atoms in total. The fourth-order valence-corrected chi connectivity index (χ4v) is 1.38. The summed E-state index contributed by atoms with van der Waals surface area (Å²) in [5.74, 6) is 0. The monoisotopic (exact) mass is 153 g/mol. The molecule has 0 amide bonds. The first-order valence-corrected chi connectivity index (χ1v) is 3.97. The Morgan fingerprint density at radius 1 is 1.36 bits per heavy atom. The third-order valence-electron chi connectivity index (χ3n) is 1.83. The Labute approximate surface area is 68.2 Å². The summed E-state index contributed by atoms with van der Waals surface area (Å²) in [6.45, 7) is 8.73. The Bertz CT molecular complexity index is 253. The number of nitrogens with one attached hydrogen (secondary N) is 1. The van der Waals surface area contributed by atoms with Crippen molar-refractivity contribution in [3.8, 4) is 0 Å². The standard InChI is InChI=1S/C9H16N2/c1-7-6-8(9(2,3)4)11(5)10-7/h6H,1-5H3/p+1. The highest BCUT2D eigenvalue weighted by molar-refractivity contribution is 5.10. The summed E-state index contributed by atoms with van der Waals surface area (Å²) in [6, 6.07) is 2.19. The van der Waals surface area contributed by atoms with Crippen LogP contribution in [0.4, 0.5) is 0 Å². The number of hydrogen-bond donors (Lipinski definition) is 1. The van der Waals surface area contributed by atoms with Gasteiger partial charge in [-0.1, -0.05) is 20.8 Å². The van der Waals surface area contributed by atoms with Crippen LogP contribution in [0.2, 0.25) is 0 Å². The zero-order chi connectivity index (χ0) is 8.65. The zero-order valence-electron chi connectivity index (χ0n) is 8.02. The van der Waals surface area contributed by atoms with Gasteiger partial charge in [-0.2, -0.15) is 5.10 Å². The number of aromatic amines is 1. The van der Waals surface area contributed by atoms with E-state index in [1.54, 1.807) is 0 Å². The van der Waals surface area contributed by atoms with Gasteiger partial charge in [0.2, 0.25) is 5.69 Å². The van der Waals surface area contributed by atoms with Gasteiger partial charge < -0.3 is 0 Å². The van der Waals surface area contributed by atoms with Crippen molar-refractivity contribution in [1.82, 2.24) is 5.10 Å². The minimum absolute atomic E-state index is 0.236. The van der Waals surface area contributed by atoms with Crippen molar-refractivity contribution in [1.29, 1.82) is 0 Å². The number of nitrogens with zero attached hydrogens (tertiary/aromatic N) is 1. The SMILES string of the molecule is Cc1cc(C(C)(C)C)[n+](C)[nH]1. The number of hydrogen-bond acceptors (Lipinski definition) is 0. The van der Waals surface area contributed by atoms with E-state index in [0.29, 0.717) is 0 Å².